The van der Waals surface area contributed by atoms with Crippen LogP contribution in [-0.2, 0) is 4.74 Å². The molecule has 0 unspecified atom stereocenters. The van der Waals surface area contributed by atoms with Crippen LogP contribution in [0.5, 0.6) is 5.88 Å². The minimum atomic E-state index is -0.0717. The Morgan fingerprint density at radius 1 is 1.20 bits per heavy atom. The fraction of sp³-hybridized carbons (Fsp3) is 0.375. The van der Waals surface area contributed by atoms with Crippen molar-refractivity contribution in [2.24, 2.45) is 0 Å². The highest BCUT2D eigenvalue weighted by molar-refractivity contribution is 5.57. The van der Waals surface area contributed by atoms with E-state index in [1.54, 1.807) is 19.4 Å². The van der Waals surface area contributed by atoms with E-state index in [2.05, 4.69) is 30.6 Å². The second-order valence-electron chi connectivity index (χ2n) is 8.49. The highest BCUT2D eigenvalue weighted by Crippen LogP contribution is 2.37. The molecule has 0 amide bonds. The van der Waals surface area contributed by atoms with Crippen molar-refractivity contribution in [1.82, 2.24) is 30.3 Å². The smallest absolute Gasteiger partial charge is 0.231 e. The van der Waals surface area contributed by atoms with E-state index in [9.17, 15) is 0 Å². The molecule has 0 aliphatic carbocycles. The van der Waals surface area contributed by atoms with Crippen LogP contribution >= 0.6 is 0 Å². The zero-order valence-corrected chi connectivity index (χ0v) is 19.9. The average Bonchev–Trinajstić information content (AvgIpc) is 3.64. The predicted octanol–water partition coefficient (Wildman–Crippen LogP) is 4.06. The Kier molecular flexibility index (Phi) is 6.57. The Labute approximate surface area is 202 Å². The highest BCUT2D eigenvalue weighted by Gasteiger charge is 2.32. The van der Waals surface area contributed by atoms with Gasteiger partial charge in [0.2, 0.25) is 11.8 Å². The molecule has 0 saturated carbocycles. The second kappa shape index (κ2) is 10.1. The number of methoxy groups -OCH3 is 1. The quantitative estimate of drug-likeness (QED) is 0.365. The van der Waals surface area contributed by atoms with E-state index < -0.39 is 0 Å². The third-order valence-electron chi connectivity index (χ3n) is 5.82. The number of rotatable bonds is 9. The van der Waals surface area contributed by atoms with E-state index in [-0.39, 0.29) is 12.1 Å². The first-order valence-electron chi connectivity index (χ1n) is 11.6. The van der Waals surface area contributed by atoms with Gasteiger partial charge in [0.25, 0.3) is 0 Å². The maximum atomic E-state index is 5.93. The number of nitrogens with zero attached hydrogens (tertiary/aromatic N) is 6. The van der Waals surface area contributed by atoms with Crippen molar-refractivity contribution in [3.05, 3.63) is 54.0 Å². The molecule has 2 atom stereocenters. The van der Waals surface area contributed by atoms with Crippen LogP contribution in [-0.4, -0.2) is 56.7 Å². The molecule has 182 valence electrons. The first-order chi connectivity index (χ1) is 17.1. The number of aromatic nitrogens is 6. The second-order valence-corrected chi connectivity index (χ2v) is 8.49. The molecule has 0 bridgehead atoms. The fourth-order valence-electron chi connectivity index (χ4n) is 3.95. The molecule has 5 heterocycles. The van der Waals surface area contributed by atoms with Crippen molar-refractivity contribution >= 4 is 17.6 Å². The van der Waals surface area contributed by atoms with Gasteiger partial charge >= 0.3 is 0 Å². The van der Waals surface area contributed by atoms with Crippen LogP contribution in [0.2, 0.25) is 0 Å². The summed E-state index contributed by atoms with van der Waals surface area (Å²) in [6.07, 6.45) is 3.54. The third-order valence-corrected chi connectivity index (χ3v) is 5.82. The lowest BCUT2D eigenvalue weighted by molar-refractivity contribution is 0.0699. The minimum absolute atomic E-state index is 0.0476. The van der Waals surface area contributed by atoms with E-state index in [0.29, 0.717) is 35.8 Å². The van der Waals surface area contributed by atoms with Crippen LogP contribution in [0.3, 0.4) is 0 Å². The van der Waals surface area contributed by atoms with Gasteiger partial charge in [-0.1, -0.05) is 11.2 Å². The lowest BCUT2D eigenvalue weighted by Gasteiger charge is -2.23. The maximum Gasteiger partial charge on any atom is 0.231 e. The van der Waals surface area contributed by atoms with Gasteiger partial charge < -0.3 is 24.2 Å². The van der Waals surface area contributed by atoms with Gasteiger partial charge in [0.15, 0.2) is 11.6 Å². The Morgan fingerprint density at radius 2 is 2.11 bits per heavy atom. The minimum Gasteiger partial charge on any atom is -0.475 e. The first-order valence-corrected chi connectivity index (χ1v) is 11.6. The SMILES string of the molecule is CO[C@@H](C)COc1cc(Nc2cc(C)[nH]n2)nc(N2CCC[C@H]2c2cc(-c3ccccn3)no2)n1. The molecule has 1 aliphatic rings. The Balaban J connectivity index is 1.43. The standard InChI is InChI=1S/C24H28N8O3/c1-15-11-22(30-29-15)26-21-13-23(34-14-16(2)33-3)28-24(27-21)32-10-6-8-19(32)20-12-18(31-35-20)17-7-4-5-9-25-17/h4-5,7,9,11-13,16,19H,6,8,10,14H2,1-3H3,(H2,26,27,28,29,30)/t16-,19-/m0/s1. The molecule has 4 aromatic rings. The van der Waals surface area contributed by atoms with Crippen LogP contribution in [0.25, 0.3) is 11.4 Å². The number of aromatic amines is 1. The topological polar surface area (TPSA) is 127 Å². The molecule has 5 rings (SSSR count). The summed E-state index contributed by atoms with van der Waals surface area (Å²) in [5.74, 6) is 2.99. The van der Waals surface area contributed by atoms with E-state index >= 15 is 0 Å². The number of nitrogens with one attached hydrogen (secondary N) is 2. The number of anilines is 3. The Bertz CT molecular complexity index is 1260. The zero-order valence-electron chi connectivity index (χ0n) is 19.9. The predicted molar refractivity (Wildman–Crippen MR) is 130 cm³/mol. The largest absolute Gasteiger partial charge is 0.475 e. The molecule has 0 spiro atoms. The zero-order chi connectivity index (χ0) is 24.2. The number of ether oxygens (including phenoxy) is 2. The van der Waals surface area contributed by atoms with Gasteiger partial charge in [-0.15, -0.1) is 0 Å². The number of aryl methyl sites for hydroxylation is 1. The molecule has 35 heavy (non-hydrogen) atoms. The van der Waals surface area contributed by atoms with Gasteiger partial charge in [0.05, 0.1) is 17.8 Å². The van der Waals surface area contributed by atoms with Crippen LogP contribution in [0, 0.1) is 6.92 Å². The lowest BCUT2D eigenvalue weighted by Crippen LogP contribution is -2.25. The van der Waals surface area contributed by atoms with Gasteiger partial charge in [0.1, 0.15) is 18.1 Å². The molecule has 11 nitrogen and oxygen atoms in total. The fourth-order valence-corrected chi connectivity index (χ4v) is 3.95. The number of hydrogen-bond acceptors (Lipinski definition) is 10. The normalized spacial score (nSPS) is 16.4. The first kappa shape index (κ1) is 22.8. The van der Waals surface area contributed by atoms with Crippen molar-refractivity contribution < 1.29 is 14.0 Å². The van der Waals surface area contributed by atoms with Crippen LogP contribution in [0.15, 0.2) is 47.1 Å². The number of hydrogen-bond donors (Lipinski definition) is 2. The number of H-pyrrole nitrogens is 1. The Morgan fingerprint density at radius 3 is 2.89 bits per heavy atom. The van der Waals surface area contributed by atoms with E-state index in [0.717, 1.165) is 36.5 Å². The summed E-state index contributed by atoms with van der Waals surface area (Å²) >= 11 is 0. The molecule has 11 heteroatoms. The summed E-state index contributed by atoms with van der Waals surface area (Å²) in [5.41, 5.74) is 2.42. The highest BCUT2D eigenvalue weighted by atomic mass is 16.5. The van der Waals surface area contributed by atoms with E-state index in [1.165, 1.54) is 0 Å². The average molecular weight is 477 g/mol. The molecule has 2 N–H and O–H groups in total. The van der Waals surface area contributed by atoms with Crippen LogP contribution < -0.4 is 15.0 Å². The van der Waals surface area contributed by atoms with Crippen molar-refractivity contribution in [2.45, 2.75) is 38.8 Å². The van der Waals surface area contributed by atoms with E-state index in [4.69, 9.17) is 24.0 Å². The molecule has 0 aromatic carbocycles. The van der Waals surface area contributed by atoms with Gasteiger partial charge in [-0.25, -0.2) is 0 Å². The third kappa shape index (κ3) is 5.24. The monoisotopic (exact) mass is 476 g/mol. The molecule has 1 fully saturated rings. The summed E-state index contributed by atoms with van der Waals surface area (Å²) in [6.45, 7) is 5.03. The van der Waals surface area contributed by atoms with Crippen molar-refractivity contribution in [3.63, 3.8) is 0 Å². The summed E-state index contributed by atoms with van der Waals surface area (Å²) in [6, 6.07) is 11.3. The molecule has 0 radical (unpaired) electrons. The molecule has 4 aromatic heterocycles. The molecule has 1 saturated heterocycles. The van der Waals surface area contributed by atoms with Gasteiger partial charge in [-0.2, -0.15) is 15.1 Å². The maximum absolute atomic E-state index is 5.93. The van der Waals surface area contributed by atoms with Crippen molar-refractivity contribution in [3.8, 4) is 17.3 Å². The van der Waals surface area contributed by atoms with Crippen molar-refractivity contribution in [2.75, 3.05) is 30.5 Å². The summed E-state index contributed by atoms with van der Waals surface area (Å²) < 4.78 is 17.0. The summed E-state index contributed by atoms with van der Waals surface area (Å²) in [7, 11) is 1.65. The van der Waals surface area contributed by atoms with Gasteiger partial charge in [-0.3, -0.25) is 10.1 Å². The van der Waals surface area contributed by atoms with Crippen LogP contribution in [0.4, 0.5) is 17.6 Å². The Hall–Kier alpha value is -3.99. The van der Waals surface area contributed by atoms with Gasteiger partial charge in [0, 0.05) is 43.7 Å². The number of pyridine rings is 1. The van der Waals surface area contributed by atoms with Gasteiger partial charge in [-0.05, 0) is 38.8 Å². The molecule has 1 aliphatic heterocycles. The van der Waals surface area contributed by atoms with Crippen molar-refractivity contribution in [1.29, 1.82) is 0 Å². The summed E-state index contributed by atoms with van der Waals surface area (Å²) in [5, 5.41) is 14.7. The molecular weight excluding hydrogens is 448 g/mol. The molecular formula is C24H28N8O3. The lowest BCUT2D eigenvalue weighted by atomic mass is 10.1. The van der Waals surface area contributed by atoms with Crippen LogP contribution in [0.1, 0.15) is 37.3 Å². The van der Waals surface area contributed by atoms with E-state index in [1.807, 2.05) is 44.2 Å². The summed E-state index contributed by atoms with van der Waals surface area (Å²) in [4.78, 5) is 16.0.